The van der Waals surface area contributed by atoms with Crippen LogP contribution >= 0.6 is 11.8 Å². The van der Waals surface area contributed by atoms with Crippen LogP contribution < -0.4 is 0 Å². The number of hydrogen-bond acceptors (Lipinski definition) is 3. The molecular weight excluding hydrogens is 242 g/mol. The SMILES string of the molecule is O=C1CCCCC1Sc1nccc2ccccc12. The van der Waals surface area contributed by atoms with Crippen LogP contribution in [-0.2, 0) is 4.79 Å². The molecule has 18 heavy (non-hydrogen) atoms. The predicted molar refractivity (Wildman–Crippen MR) is 74.9 cm³/mol. The molecule has 1 aromatic carbocycles. The summed E-state index contributed by atoms with van der Waals surface area (Å²) in [5.74, 6) is 0.390. The van der Waals surface area contributed by atoms with Crippen LogP contribution in [0.2, 0.25) is 0 Å². The lowest BCUT2D eigenvalue weighted by Gasteiger charge is -2.19. The highest BCUT2D eigenvalue weighted by atomic mass is 32.2. The van der Waals surface area contributed by atoms with Crippen LogP contribution in [0, 0.1) is 0 Å². The zero-order valence-electron chi connectivity index (χ0n) is 10.1. The molecule has 0 amide bonds. The van der Waals surface area contributed by atoms with Gasteiger partial charge in [-0.2, -0.15) is 0 Å². The Hall–Kier alpha value is -1.35. The maximum absolute atomic E-state index is 11.9. The molecule has 0 saturated heterocycles. The topological polar surface area (TPSA) is 30.0 Å². The molecule has 0 spiro atoms. The maximum Gasteiger partial charge on any atom is 0.146 e. The first-order chi connectivity index (χ1) is 8.84. The van der Waals surface area contributed by atoms with Crippen LogP contribution in [-0.4, -0.2) is 16.0 Å². The van der Waals surface area contributed by atoms with Gasteiger partial charge in [0, 0.05) is 18.0 Å². The van der Waals surface area contributed by atoms with Crippen molar-refractivity contribution in [3.8, 4) is 0 Å². The number of hydrogen-bond donors (Lipinski definition) is 0. The average Bonchev–Trinajstić information content (AvgIpc) is 2.42. The molecule has 1 heterocycles. The van der Waals surface area contributed by atoms with E-state index < -0.39 is 0 Å². The lowest BCUT2D eigenvalue weighted by molar-refractivity contribution is -0.119. The zero-order chi connectivity index (χ0) is 12.4. The predicted octanol–water partition coefficient (Wildman–Crippen LogP) is 3.84. The normalized spacial score (nSPS) is 20.2. The van der Waals surface area contributed by atoms with Gasteiger partial charge in [-0.1, -0.05) is 42.4 Å². The van der Waals surface area contributed by atoms with Crippen molar-refractivity contribution in [1.29, 1.82) is 0 Å². The van der Waals surface area contributed by atoms with E-state index in [0.717, 1.165) is 36.1 Å². The van der Waals surface area contributed by atoms with Gasteiger partial charge in [0.1, 0.15) is 10.8 Å². The van der Waals surface area contributed by atoms with Crippen molar-refractivity contribution in [3.63, 3.8) is 0 Å². The molecule has 3 heteroatoms. The van der Waals surface area contributed by atoms with Crippen molar-refractivity contribution in [2.45, 2.75) is 36.0 Å². The van der Waals surface area contributed by atoms with E-state index in [1.165, 1.54) is 5.39 Å². The highest BCUT2D eigenvalue weighted by Gasteiger charge is 2.24. The number of fused-ring (bicyclic) bond motifs is 1. The van der Waals surface area contributed by atoms with E-state index in [4.69, 9.17) is 0 Å². The molecule has 2 nitrogen and oxygen atoms in total. The number of thioether (sulfide) groups is 1. The van der Waals surface area contributed by atoms with Crippen LogP contribution in [0.3, 0.4) is 0 Å². The van der Waals surface area contributed by atoms with E-state index in [0.29, 0.717) is 5.78 Å². The Morgan fingerprint density at radius 3 is 2.94 bits per heavy atom. The number of carbonyl (C=O) groups excluding carboxylic acids is 1. The molecule has 0 radical (unpaired) electrons. The molecule has 1 saturated carbocycles. The van der Waals surface area contributed by atoms with Crippen LogP contribution in [0.4, 0.5) is 0 Å². The summed E-state index contributed by atoms with van der Waals surface area (Å²) in [5, 5.41) is 3.45. The summed E-state index contributed by atoms with van der Waals surface area (Å²) >= 11 is 1.64. The first-order valence-corrected chi connectivity index (χ1v) is 7.26. The van der Waals surface area contributed by atoms with Gasteiger partial charge >= 0.3 is 0 Å². The molecule has 1 unspecified atom stereocenters. The van der Waals surface area contributed by atoms with Crippen LogP contribution in [0.15, 0.2) is 41.6 Å². The lowest BCUT2D eigenvalue weighted by atomic mass is 9.99. The summed E-state index contributed by atoms with van der Waals surface area (Å²) in [7, 11) is 0. The Kier molecular flexibility index (Phi) is 3.33. The van der Waals surface area contributed by atoms with Crippen LogP contribution in [0.1, 0.15) is 25.7 Å². The van der Waals surface area contributed by atoms with Crippen molar-refractivity contribution in [1.82, 2.24) is 4.98 Å². The quantitative estimate of drug-likeness (QED) is 0.818. The highest BCUT2D eigenvalue weighted by molar-refractivity contribution is 8.00. The number of Topliss-reactive ketones (excluding diaryl/α,β-unsaturated/α-hetero) is 1. The number of aromatic nitrogens is 1. The summed E-state index contributed by atoms with van der Waals surface area (Å²) < 4.78 is 0. The number of benzene rings is 1. The van der Waals surface area contributed by atoms with Gasteiger partial charge in [-0.25, -0.2) is 4.98 Å². The second-order valence-electron chi connectivity index (χ2n) is 4.66. The largest absolute Gasteiger partial charge is 0.298 e. The Bertz CT molecular complexity index is 576. The second kappa shape index (κ2) is 5.11. The van der Waals surface area contributed by atoms with Gasteiger partial charge < -0.3 is 0 Å². The number of nitrogens with zero attached hydrogens (tertiary/aromatic N) is 1. The Morgan fingerprint density at radius 1 is 1.17 bits per heavy atom. The van der Waals surface area contributed by atoms with Crippen molar-refractivity contribution in [3.05, 3.63) is 36.5 Å². The van der Waals surface area contributed by atoms with Gasteiger partial charge in [0.15, 0.2) is 0 Å². The third kappa shape index (κ3) is 2.27. The lowest BCUT2D eigenvalue weighted by Crippen LogP contribution is -2.21. The standard InChI is InChI=1S/C15H15NOS/c17-13-7-3-4-8-14(13)18-15-12-6-2-1-5-11(12)9-10-16-15/h1-2,5-6,9-10,14H,3-4,7-8H2. The molecule has 0 aliphatic heterocycles. The summed E-state index contributed by atoms with van der Waals surface area (Å²) in [5.41, 5.74) is 0. The molecule has 0 bridgehead atoms. The molecule has 1 aliphatic carbocycles. The highest BCUT2D eigenvalue weighted by Crippen LogP contribution is 2.34. The molecule has 92 valence electrons. The number of ketones is 1. The van der Waals surface area contributed by atoms with Gasteiger partial charge in [0.25, 0.3) is 0 Å². The summed E-state index contributed by atoms with van der Waals surface area (Å²) in [4.78, 5) is 16.3. The third-order valence-electron chi connectivity index (χ3n) is 3.39. The first kappa shape index (κ1) is 11.7. The third-order valence-corrected chi connectivity index (χ3v) is 4.72. The van der Waals surface area contributed by atoms with E-state index in [-0.39, 0.29) is 5.25 Å². The van der Waals surface area contributed by atoms with Crippen LogP contribution in [0.25, 0.3) is 10.8 Å². The van der Waals surface area contributed by atoms with Crippen molar-refractivity contribution >= 4 is 28.3 Å². The fraction of sp³-hybridized carbons (Fsp3) is 0.333. The van der Waals surface area contributed by atoms with Gasteiger partial charge in [-0.05, 0) is 24.3 Å². The average molecular weight is 257 g/mol. The summed E-state index contributed by atoms with van der Waals surface area (Å²) in [6, 6.07) is 10.2. The van der Waals surface area contributed by atoms with Crippen molar-refractivity contribution in [2.24, 2.45) is 0 Å². The Balaban J connectivity index is 1.92. The Labute approximate surface area is 111 Å². The van der Waals surface area contributed by atoms with Gasteiger partial charge in [-0.3, -0.25) is 4.79 Å². The summed E-state index contributed by atoms with van der Waals surface area (Å²) in [6.07, 6.45) is 5.78. The zero-order valence-corrected chi connectivity index (χ0v) is 11.0. The van der Waals surface area contributed by atoms with Gasteiger partial charge in [0.05, 0.1) is 5.25 Å². The van der Waals surface area contributed by atoms with Crippen LogP contribution in [0.5, 0.6) is 0 Å². The van der Waals surface area contributed by atoms with E-state index in [2.05, 4.69) is 17.1 Å². The fourth-order valence-electron chi connectivity index (χ4n) is 2.40. The number of pyridine rings is 1. The summed E-state index contributed by atoms with van der Waals surface area (Å²) in [6.45, 7) is 0. The molecule has 2 aromatic rings. The smallest absolute Gasteiger partial charge is 0.146 e. The van der Waals surface area contributed by atoms with Crippen molar-refractivity contribution in [2.75, 3.05) is 0 Å². The van der Waals surface area contributed by atoms with E-state index >= 15 is 0 Å². The van der Waals surface area contributed by atoms with Gasteiger partial charge in [-0.15, -0.1) is 0 Å². The minimum Gasteiger partial charge on any atom is -0.298 e. The minimum atomic E-state index is 0.108. The molecule has 1 fully saturated rings. The monoisotopic (exact) mass is 257 g/mol. The minimum absolute atomic E-state index is 0.108. The molecule has 3 rings (SSSR count). The molecule has 0 N–H and O–H groups in total. The molecule has 1 aromatic heterocycles. The number of carbonyl (C=O) groups is 1. The van der Waals surface area contributed by atoms with Gasteiger partial charge in [0.2, 0.25) is 0 Å². The molecule has 1 aliphatic rings. The number of rotatable bonds is 2. The molecule has 1 atom stereocenters. The van der Waals surface area contributed by atoms with E-state index in [1.54, 1.807) is 11.8 Å². The van der Waals surface area contributed by atoms with E-state index in [1.807, 2.05) is 24.4 Å². The maximum atomic E-state index is 11.9. The molecular formula is C15H15NOS. The fourth-order valence-corrected chi connectivity index (χ4v) is 3.63. The second-order valence-corrected chi connectivity index (χ2v) is 5.85. The first-order valence-electron chi connectivity index (χ1n) is 6.38. The van der Waals surface area contributed by atoms with Crippen molar-refractivity contribution < 1.29 is 4.79 Å². The Morgan fingerprint density at radius 2 is 2.06 bits per heavy atom. The van der Waals surface area contributed by atoms with E-state index in [9.17, 15) is 4.79 Å².